The molecule has 0 aliphatic rings. The van der Waals surface area contributed by atoms with Gasteiger partial charge in [-0.1, -0.05) is 11.3 Å². The third kappa shape index (κ3) is 3.45. The first kappa shape index (κ1) is 12.4. The molecule has 0 unspecified atom stereocenters. The molecule has 2 aromatic rings. The molecule has 1 N–H and O–H groups in total. The molecule has 2 rings (SSSR count). The van der Waals surface area contributed by atoms with E-state index in [1.54, 1.807) is 11.3 Å². The summed E-state index contributed by atoms with van der Waals surface area (Å²) in [5.41, 5.74) is 1.01. The standard InChI is InChI=1S/C9H9ClN4OS2/c1-5-4-16-6(12-5)2-3-11-7(15)8-13-14-9(10)17-8/h4H,2-3H2,1H3,(H,11,15). The fraction of sp³-hybridized carbons (Fsp3) is 0.333. The maximum atomic E-state index is 11.6. The van der Waals surface area contributed by atoms with Crippen LogP contribution in [0.5, 0.6) is 0 Å². The Morgan fingerprint density at radius 3 is 2.94 bits per heavy atom. The lowest BCUT2D eigenvalue weighted by molar-refractivity contribution is 0.0953. The van der Waals surface area contributed by atoms with Gasteiger partial charge in [-0.15, -0.1) is 21.5 Å². The van der Waals surface area contributed by atoms with Crippen LogP contribution in [0.2, 0.25) is 4.47 Å². The van der Waals surface area contributed by atoms with Gasteiger partial charge in [0.25, 0.3) is 5.91 Å². The SMILES string of the molecule is Cc1csc(CCNC(=O)c2nnc(Cl)s2)n1. The Morgan fingerprint density at radius 2 is 2.35 bits per heavy atom. The molecule has 8 heteroatoms. The fourth-order valence-corrected chi connectivity index (χ4v) is 2.69. The number of rotatable bonds is 4. The third-order valence-electron chi connectivity index (χ3n) is 1.89. The Labute approximate surface area is 111 Å². The first-order chi connectivity index (χ1) is 8.15. The molecule has 5 nitrogen and oxygen atoms in total. The highest BCUT2D eigenvalue weighted by Gasteiger charge is 2.11. The van der Waals surface area contributed by atoms with E-state index in [1.807, 2.05) is 12.3 Å². The van der Waals surface area contributed by atoms with E-state index in [-0.39, 0.29) is 15.4 Å². The van der Waals surface area contributed by atoms with Crippen LogP contribution >= 0.6 is 34.3 Å². The maximum absolute atomic E-state index is 11.6. The summed E-state index contributed by atoms with van der Waals surface area (Å²) in [7, 11) is 0. The van der Waals surface area contributed by atoms with Gasteiger partial charge in [0.2, 0.25) is 9.47 Å². The molecule has 0 fully saturated rings. The highest BCUT2D eigenvalue weighted by Crippen LogP contribution is 2.14. The number of aryl methyl sites for hydroxylation is 1. The van der Waals surface area contributed by atoms with Crippen molar-refractivity contribution in [3.8, 4) is 0 Å². The summed E-state index contributed by atoms with van der Waals surface area (Å²) >= 11 is 8.25. The van der Waals surface area contributed by atoms with E-state index < -0.39 is 0 Å². The number of aromatic nitrogens is 3. The number of amides is 1. The zero-order valence-electron chi connectivity index (χ0n) is 8.94. The second kappa shape index (κ2) is 5.52. The molecule has 1 amide bonds. The molecule has 90 valence electrons. The largest absolute Gasteiger partial charge is 0.349 e. The number of carbonyl (C=O) groups is 1. The van der Waals surface area contributed by atoms with Crippen molar-refractivity contribution in [1.29, 1.82) is 0 Å². The van der Waals surface area contributed by atoms with Crippen LogP contribution < -0.4 is 5.32 Å². The van der Waals surface area contributed by atoms with Crippen molar-refractivity contribution >= 4 is 40.2 Å². The van der Waals surface area contributed by atoms with Crippen LogP contribution in [0.15, 0.2) is 5.38 Å². The van der Waals surface area contributed by atoms with Crippen LogP contribution in [0, 0.1) is 6.92 Å². The van der Waals surface area contributed by atoms with Crippen molar-refractivity contribution in [2.45, 2.75) is 13.3 Å². The molecule has 0 saturated heterocycles. The van der Waals surface area contributed by atoms with Crippen LogP contribution in [-0.4, -0.2) is 27.6 Å². The van der Waals surface area contributed by atoms with E-state index in [4.69, 9.17) is 11.6 Å². The van der Waals surface area contributed by atoms with Gasteiger partial charge in [0.1, 0.15) is 0 Å². The number of carbonyl (C=O) groups excluding carboxylic acids is 1. The van der Waals surface area contributed by atoms with Gasteiger partial charge in [-0.2, -0.15) is 0 Å². The highest BCUT2D eigenvalue weighted by molar-refractivity contribution is 7.17. The number of nitrogens with one attached hydrogen (secondary N) is 1. The quantitative estimate of drug-likeness (QED) is 0.933. The minimum Gasteiger partial charge on any atom is -0.349 e. The van der Waals surface area contributed by atoms with Gasteiger partial charge in [0, 0.05) is 24.0 Å². The predicted molar refractivity (Wildman–Crippen MR) is 67.8 cm³/mol. The topological polar surface area (TPSA) is 67.8 Å². The number of nitrogens with zero attached hydrogens (tertiary/aromatic N) is 3. The van der Waals surface area contributed by atoms with Gasteiger partial charge in [-0.25, -0.2) is 4.98 Å². The summed E-state index contributed by atoms with van der Waals surface area (Å²) in [5, 5.41) is 13.3. The summed E-state index contributed by atoms with van der Waals surface area (Å²) in [4.78, 5) is 15.9. The molecule has 2 aromatic heterocycles. The summed E-state index contributed by atoms with van der Waals surface area (Å²) in [5.74, 6) is -0.248. The van der Waals surface area contributed by atoms with Crippen molar-refractivity contribution < 1.29 is 4.79 Å². The maximum Gasteiger partial charge on any atom is 0.282 e. The molecule has 17 heavy (non-hydrogen) atoms. The normalized spacial score (nSPS) is 10.5. The van der Waals surface area contributed by atoms with E-state index in [0.29, 0.717) is 6.54 Å². The second-order valence-corrected chi connectivity index (χ2v) is 5.75. The lowest BCUT2D eigenvalue weighted by atomic mass is 10.4. The Balaban J connectivity index is 1.81. The minimum atomic E-state index is -0.248. The Kier molecular flexibility index (Phi) is 4.03. The van der Waals surface area contributed by atoms with Crippen LogP contribution in [0.3, 0.4) is 0 Å². The van der Waals surface area contributed by atoms with Gasteiger partial charge in [0.15, 0.2) is 0 Å². The molecule has 0 radical (unpaired) electrons. The van der Waals surface area contributed by atoms with Crippen molar-refractivity contribution in [3.63, 3.8) is 0 Å². The Morgan fingerprint density at radius 1 is 1.53 bits per heavy atom. The van der Waals surface area contributed by atoms with E-state index in [1.165, 1.54) is 0 Å². The molecular formula is C9H9ClN4OS2. The zero-order valence-corrected chi connectivity index (χ0v) is 11.3. The lowest BCUT2D eigenvalue weighted by Gasteiger charge is -1.99. The summed E-state index contributed by atoms with van der Waals surface area (Å²) in [6.07, 6.45) is 0.719. The van der Waals surface area contributed by atoms with Crippen LogP contribution in [0.4, 0.5) is 0 Å². The molecule has 0 spiro atoms. The monoisotopic (exact) mass is 288 g/mol. The summed E-state index contributed by atoms with van der Waals surface area (Å²) in [6, 6.07) is 0. The molecule has 0 aromatic carbocycles. The van der Waals surface area contributed by atoms with Gasteiger partial charge >= 0.3 is 0 Å². The van der Waals surface area contributed by atoms with Gasteiger partial charge in [-0.3, -0.25) is 4.79 Å². The van der Waals surface area contributed by atoms with Gasteiger partial charge in [0.05, 0.1) is 5.01 Å². The fourth-order valence-electron chi connectivity index (χ4n) is 1.17. The van der Waals surface area contributed by atoms with Gasteiger partial charge in [-0.05, 0) is 18.5 Å². The van der Waals surface area contributed by atoms with E-state index in [2.05, 4.69) is 20.5 Å². The molecule has 0 bridgehead atoms. The van der Waals surface area contributed by atoms with E-state index in [0.717, 1.165) is 28.5 Å². The predicted octanol–water partition coefficient (Wildman–Crippen LogP) is 1.93. The molecule has 0 aliphatic carbocycles. The molecule has 0 atom stereocenters. The molecule has 0 saturated carbocycles. The average molecular weight is 289 g/mol. The Hall–Kier alpha value is -1.05. The highest BCUT2D eigenvalue weighted by atomic mass is 35.5. The number of halogens is 1. The van der Waals surface area contributed by atoms with Gasteiger partial charge < -0.3 is 5.32 Å². The number of hydrogen-bond acceptors (Lipinski definition) is 6. The molecule has 0 aliphatic heterocycles. The van der Waals surface area contributed by atoms with Crippen LogP contribution in [-0.2, 0) is 6.42 Å². The first-order valence-electron chi connectivity index (χ1n) is 4.83. The smallest absolute Gasteiger partial charge is 0.282 e. The van der Waals surface area contributed by atoms with Crippen molar-refractivity contribution in [3.05, 3.63) is 25.6 Å². The van der Waals surface area contributed by atoms with Crippen molar-refractivity contribution in [1.82, 2.24) is 20.5 Å². The van der Waals surface area contributed by atoms with E-state index >= 15 is 0 Å². The Bertz CT molecular complexity index is 525. The summed E-state index contributed by atoms with van der Waals surface area (Å²) in [6.45, 7) is 2.48. The average Bonchev–Trinajstić information content (AvgIpc) is 2.88. The van der Waals surface area contributed by atoms with Crippen molar-refractivity contribution in [2.75, 3.05) is 6.54 Å². The summed E-state index contributed by atoms with van der Waals surface area (Å²) < 4.78 is 0.269. The second-order valence-electron chi connectivity index (χ2n) is 3.25. The lowest BCUT2D eigenvalue weighted by Crippen LogP contribution is -2.25. The first-order valence-corrected chi connectivity index (χ1v) is 6.91. The molecule has 2 heterocycles. The number of thiazole rings is 1. The minimum absolute atomic E-state index is 0.248. The molecular weight excluding hydrogens is 280 g/mol. The third-order valence-corrected chi connectivity index (χ3v) is 3.93. The van der Waals surface area contributed by atoms with Crippen molar-refractivity contribution in [2.24, 2.45) is 0 Å². The van der Waals surface area contributed by atoms with Crippen LogP contribution in [0.25, 0.3) is 0 Å². The van der Waals surface area contributed by atoms with E-state index in [9.17, 15) is 4.79 Å². The number of hydrogen-bond donors (Lipinski definition) is 1. The van der Waals surface area contributed by atoms with Crippen LogP contribution in [0.1, 0.15) is 20.5 Å². The zero-order chi connectivity index (χ0) is 12.3.